The van der Waals surface area contributed by atoms with Crippen molar-refractivity contribution in [1.29, 1.82) is 0 Å². The fourth-order valence-corrected chi connectivity index (χ4v) is 5.80. The van der Waals surface area contributed by atoms with E-state index in [0.717, 1.165) is 9.87 Å². The molecule has 0 saturated heterocycles. The van der Waals surface area contributed by atoms with Crippen LogP contribution in [0, 0.1) is 5.92 Å². The highest BCUT2D eigenvalue weighted by molar-refractivity contribution is 7.92. The number of rotatable bonds is 13. The molecule has 42 heavy (non-hydrogen) atoms. The lowest BCUT2D eigenvalue weighted by atomic mass is 10.0. The van der Waals surface area contributed by atoms with Crippen molar-refractivity contribution in [3.8, 4) is 11.5 Å². The molecule has 1 aliphatic heterocycles. The van der Waals surface area contributed by atoms with Crippen molar-refractivity contribution in [3.05, 3.63) is 88.9 Å². The number of nitrogens with one attached hydrogen (secondary N) is 1. The summed E-state index contributed by atoms with van der Waals surface area (Å²) >= 11 is 6.50. The van der Waals surface area contributed by atoms with Crippen LogP contribution in [0.25, 0.3) is 0 Å². The van der Waals surface area contributed by atoms with E-state index in [1.807, 2.05) is 44.2 Å². The maximum atomic E-state index is 14.3. The van der Waals surface area contributed by atoms with Crippen molar-refractivity contribution in [1.82, 2.24) is 10.2 Å². The molecule has 224 valence electrons. The average molecular weight is 614 g/mol. The minimum absolute atomic E-state index is 0.00621. The largest absolute Gasteiger partial charge is 0.454 e. The molecule has 4 rings (SSSR count). The first-order chi connectivity index (χ1) is 20.1. The zero-order chi connectivity index (χ0) is 30.3. The molecule has 0 saturated carbocycles. The van der Waals surface area contributed by atoms with E-state index in [1.54, 1.807) is 36.4 Å². The highest BCUT2D eigenvalue weighted by Gasteiger charge is 2.34. The minimum Gasteiger partial charge on any atom is -0.454 e. The molecule has 11 heteroatoms. The Balaban J connectivity index is 1.75. The summed E-state index contributed by atoms with van der Waals surface area (Å²) in [5, 5.41) is 3.40. The number of sulfonamides is 1. The lowest BCUT2D eigenvalue weighted by molar-refractivity contribution is -0.140. The second-order valence-electron chi connectivity index (χ2n) is 10.4. The van der Waals surface area contributed by atoms with Gasteiger partial charge in [-0.1, -0.05) is 74.0 Å². The fourth-order valence-electron chi connectivity index (χ4n) is 4.55. The van der Waals surface area contributed by atoms with Crippen LogP contribution < -0.4 is 19.1 Å². The molecule has 1 N–H and O–H groups in total. The average Bonchev–Trinajstić information content (AvgIpc) is 3.45. The summed E-state index contributed by atoms with van der Waals surface area (Å²) in [5.41, 5.74) is 1.75. The smallest absolute Gasteiger partial charge is 0.244 e. The lowest BCUT2D eigenvalue weighted by Gasteiger charge is -2.34. The number of fused-ring (bicyclic) bond motifs is 1. The summed E-state index contributed by atoms with van der Waals surface area (Å²) in [6.07, 6.45) is 0.228. The van der Waals surface area contributed by atoms with E-state index in [2.05, 4.69) is 5.32 Å². The zero-order valence-corrected chi connectivity index (χ0v) is 25.5. The van der Waals surface area contributed by atoms with E-state index in [9.17, 15) is 18.0 Å². The molecule has 0 bridgehead atoms. The SMILES string of the molecule is CCS(=O)(=O)N(CC(=O)N(Cc1ccccc1Cl)[C@H](Cc1ccccc1)C(=O)NCC(C)C)c1ccc2c(c1)OCO2. The summed E-state index contributed by atoms with van der Waals surface area (Å²) in [6, 6.07) is 20.3. The molecule has 1 atom stereocenters. The number of hydrogen-bond acceptors (Lipinski definition) is 6. The third kappa shape index (κ3) is 7.74. The second-order valence-corrected chi connectivity index (χ2v) is 13.0. The van der Waals surface area contributed by atoms with Gasteiger partial charge in [0.25, 0.3) is 0 Å². The van der Waals surface area contributed by atoms with Crippen LogP contribution in [0.4, 0.5) is 5.69 Å². The highest BCUT2D eigenvalue weighted by Crippen LogP contribution is 2.36. The molecule has 0 unspecified atom stereocenters. The van der Waals surface area contributed by atoms with E-state index >= 15 is 0 Å². The Hall–Kier alpha value is -3.76. The fraction of sp³-hybridized carbons (Fsp3) is 0.355. The van der Waals surface area contributed by atoms with Gasteiger partial charge >= 0.3 is 0 Å². The van der Waals surface area contributed by atoms with E-state index < -0.39 is 28.5 Å². The Bertz CT molecular complexity index is 1500. The summed E-state index contributed by atoms with van der Waals surface area (Å²) in [7, 11) is -3.90. The molecule has 0 aromatic heterocycles. The quantitative estimate of drug-likeness (QED) is 0.301. The summed E-state index contributed by atoms with van der Waals surface area (Å²) < 4.78 is 38.5. The van der Waals surface area contributed by atoms with Crippen molar-refractivity contribution in [2.24, 2.45) is 5.92 Å². The van der Waals surface area contributed by atoms with Crippen molar-refractivity contribution >= 4 is 39.1 Å². The number of halogens is 1. The number of ether oxygens (including phenoxy) is 2. The first-order valence-electron chi connectivity index (χ1n) is 13.8. The number of nitrogens with zero attached hydrogens (tertiary/aromatic N) is 2. The number of amides is 2. The van der Waals surface area contributed by atoms with Crippen molar-refractivity contribution in [2.75, 3.05) is 29.9 Å². The number of carbonyl (C=O) groups is 2. The molecule has 9 nitrogen and oxygen atoms in total. The van der Waals surface area contributed by atoms with Gasteiger partial charge in [0.05, 0.1) is 11.4 Å². The van der Waals surface area contributed by atoms with Crippen LogP contribution in [-0.4, -0.2) is 56.8 Å². The summed E-state index contributed by atoms with van der Waals surface area (Å²) in [5.74, 6) is -0.0497. The van der Waals surface area contributed by atoms with Crippen LogP contribution in [0.2, 0.25) is 5.02 Å². The zero-order valence-electron chi connectivity index (χ0n) is 24.0. The van der Waals surface area contributed by atoms with Gasteiger partial charge in [-0.25, -0.2) is 8.42 Å². The topological polar surface area (TPSA) is 105 Å². The molecule has 1 aliphatic rings. The maximum Gasteiger partial charge on any atom is 0.244 e. The van der Waals surface area contributed by atoms with E-state index in [1.165, 1.54) is 17.9 Å². The standard InChI is InChI=1S/C31H36ClN3O6S/c1-4-42(38,39)35(25-14-15-28-29(17-25)41-21-40-28)20-30(36)34(19-24-12-8-9-13-26(24)32)27(31(37)33-18-22(2)3)16-23-10-6-5-7-11-23/h5-15,17,22,27H,4,16,18-21H2,1-3H3,(H,33,37)/t27-/m1/s1. The lowest BCUT2D eigenvalue weighted by Crippen LogP contribution is -2.54. The third-order valence-electron chi connectivity index (χ3n) is 6.88. The van der Waals surface area contributed by atoms with Crippen LogP contribution in [0.5, 0.6) is 11.5 Å². The summed E-state index contributed by atoms with van der Waals surface area (Å²) in [6.45, 7) is 5.41. The molecule has 0 spiro atoms. The molecule has 0 radical (unpaired) electrons. The predicted molar refractivity (Wildman–Crippen MR) is 163 cm³/mol. The van der Waals surface area contributed by atoms with E-state index in [4.69, 9.17) is 21.1 Å². The maximum absolute atomic E-state index is 14.3. The van der Waals surface area contributed by atoms with Crippen LogP contribution in [-0.2, 0) is 32.6 Å². The molecular weight excluding hydrogens is 578 g/mol. The van der Waals surface area contributed by atoms with Gasteiger partial charge in [-0.3, -0.25) is 13.9 Å². The highest BCUT2D eigenvalue weighted by atomic mass is 35.5. The van der Waals surface area contributed by atoms with Gasteiger partial charge in [0.15, 0.2) is 11.5 Å². The van der Waals surface area contributed by atoms with Crippen molar-refractivity contribution in [2.45, 2.75) is 39.8 Å². The second kappa shape index (κ2) is 13.9. The van der Waals surface area contributed by atoms with Crippen molar-refractivity contribution in [3.63, 3.8) is 0 Å². The van der Waals surface area contributed by atoms with Gasteiger partial charge < -0.3 is 19.7 Å². The van der Waals surface area contributed by atoms with Crippen molar-refractivity contribution < 1.29 is 27.5 Å². The molecule has 0 fully saturated rings. The number of carbonyl (C=O) groups excluding carboxylic acids is 2. The van der Waals surface area contributed by atoms with E-state index in [0.29, 0.717) is 28.6 Å². The molecular formula is C31H36ClN3O6S. The number of anilines is 1. The third-order valence-corrected chi connectivity index (χ3v) is 8.99. The van der Waals surface area contributed by atoms with Gasteiger partial charge in [-0.2, -0.15) is 0 Å². The molecule has 3 aromatic carbocycles. The normalized spacial score (nSPS) is 13.1. The van der Waals surface area contributed by atoms with Gasteiger partial charge in [-0.15, -0.1) is 0 Å². The van der Waals surface area contributed by atoms with Gasteiger partial charge in [0, 0.05) is 30.6 Å². The summed E-state index contributed by atoms with van der Waals surface area (Å²) in [4.78, 5) is 29.4. The van der Waals surface area contributed by atoms with Crippen LogP contribution in [0.1, 0.15) is 31.9 Å². The minimum atomic E-state index is -3.90. The van der Waals surface area contributed by atoms with Crippen LogP contribution >= 0.6 is 11.6 Å². The number of hydrogen-bond donors (Lipinski definition) is 1. The first kappa shape index (κ1) is 31.2. The monoisotopic (exact) mass is 613 g/mol. The van der Waals surface area contributed by atoms with Crippen LogP contribution in [0.15, 0.2) is 72.8 Å². The Morgan fingerprint density at radius 3 is 2.36 bits per heavy atom. The van der Waals surface area contributed by atoms with Gasteiger partial charge in [0.2, 0.25) is 28.6 Å². The molecule has 1 heterocycles. The van der Waals surface area contributed by atoms with E-state index in [-0.39, 0.29) is 43.0 Å². The Morgan fingerprint density at radius 2 is 1.67 bits per heavy atom. The molecule has 3 aromatic rings. The van der Waals surface area contributed by atoms with Gasteiger partial charge in [0.1, 0.15) is 12.6 Å². The number of benzene rings is 3. The Kier molecular flexibility index (Phi) is 10.3. The molecule has 0 aliphatic carbocycles. The Morgan fingerprint density at radius 1 is 0.976 bits per heavy atom. The van der Waals surface area contributed by atoms with Gasteiger partial charge in [-0.05, 0) is 42.2 Å². The first-order valence-corrected chi connectivity index (χ1v) is 15.8. The molecule has 2 amide bonds. The van der Waals surface area contributed by atoms with Crippen LogP contribution in [0.3, 0.4) is 0 Å². The predicted octanol–water partition coefficient (Wildman–Crippen LogP) is 4.64. The Labute approximate surface area is 252 Å².